The number of hydrogen-bond acceptors (Lipinski definition) is 7. The average molecular weight is 469 g/mol. The third kappa shape index (κ3) is 5.81. The van der Waals surface area contributed by atoms with Gasteiger partial charge in [-0.3, -0.25) is 4.79 Å². The predicted molar refractivity (Wildman–Crippen MR) is 124 cm³/mol. The number of hydrogen-bond donors (Lipinski definition) is 1. The maximum absolute atomic E-state index is 12.8. The lowest BCUT2D eigenvalue weighted by Crippen LogP contribution is -2.17. The zero-order valence-electron chi connectivity index (χ0n) is 18.1. The van der Waals surface area contributed by atoms with Crippen LogP contribution < -0.4 is 24.4 Å². The number of para-hydroxylation sites is 1. The highest BCUT2D eigenvalue weighted by atomic mass is 35.5. The minimum Gasteiger partial charge on any atom is -0.493 e. The van der Waals surface area contributed by atoms with Gasteiger partial charge in [-0.15, -0.1) is 0 Å². The zero-order chi connectivity index (χ0) is 23.8. The van der Waals surface area contributed by atoms with Crippen LogP contribution in [-0.4, -0.2) is 39.4 Å². The standard InChI is InChI=1S/C24H21ClN2O6/c1-30-20-12-17(13-21(31-2)22(20)32-3)24(29)33-19-7-5-4-6-16(19)14-26-27-23(28)15-8-10-18(25)11-9-15/h4-14H,1-3H3,(H,27,28)/b26-14-. The summed E-state index contributed by atoms with van der Waals surface area (Å²) in [7, 11) is 4.38. The van der Waals surface area contributed by atoms with E-state index in [0.29, 0.717) is 33.4 Å². The fourth-order valence-corrected chi connectivity index (χ4v) is 2.99. The number of ether oxygens (including phenoxy) is 4. The minimum absolute atomic E-state index is 0.201. The molecule has 0 radical (unpaired) electrons. The van der Waals surface area contributed by atoms with Gasteiger partial charge in [-0.2, -0.15) is 5.10 Å². The van der Waals surface area contributed by atoms with E-state index in [4.69, 9.17) is 30.5 Å². The SMILES string of the molecule is COc1cc(C(=O)Oc2ccccc2/C=N\NC(=O)c2ccc(Cl)cc2)cc(OC)c1OC. The highest BCUT2D eigenvalue weighted by Gasteiger charge is 2.19. The van der Waals surface area contributed by atoms with Gasteiger partial charge in [-0.05, 0) is 48.5 Å². The Labute approximate surface area is 195 Å². The first kappa shape index (κ1) is 23.6. The van der Waals surface area contributed by atoms with Gasteiger partial charge >= 0.3 is 5.97 Å². The van der Waals surface area contributed by atoms with E-state index < -0.39 is 11.9 Å². The van der Waals surface area contributed by atoms with Crippen molar-refractivity contribution in [3.05, 3.63) is 82.4 Å². The van der Waals surface area contributed by atoms with Crippen molar-refractivity contribution in [2.45, 2.75) is 0 Å². The monoisotopic (exact) mass is 468 g/mol. The summed E-state index contributed by atoms with van der Waals surface area (Å²) in [5.74, 6) is 0.212. The quantitative estimate of drug-likeness (QED) is 0.228. The maximum Gasteiger partial charge on any atom is 0.343 e. The normalized spacial score (nSPS) is 10.5. The highest BCUT2D eigenvalue weighted by molar-refractivity contribution is 6.30. The number of hydrazone groups is 1. The molecule has 0 aliphatic heterocycles. The van der Waals surface area contributed by atoms with Crippen molar-refractivity contribution in [2.24, 2.45) is 5.10 Å². The Morgan fingerprint density at radius 3 is 2.09 bits per heavy atom. The van der Waals surface area contributed by atoms with Gasteiger partial charge in [0, 0.05) is 16.1 Å². The molecule has 0 aromatic heterocycles. The fourth-order valence-electron chi connectivity index (χ4n) is 2.86. The van der Waals surface area contributed by atoms with E-state index in [9.17, 15) is 9.59 Å². The van der Waals surface area contributed by atoms with E-state index in [0.717, 1.165) is 0 Å². The lowest BCUT2D eigenvalue weighted by atomic mass is 10.1. The first-order chi connectivity index (χ1) is 16.0. The highest BCUT2D eigenvalue weighted by Crippen LogP contribution is 2.38. The molecule has 0 heterocycles. The first-order valence-corrected chi connectivity index (χ1v) is 10.0. The molecule has 0 atom stereocenters. The number of carbonyl (C=O) groups is 2. The molecule has 1 N–H and O–H groups in total. The van der Waals surface area contributed by atoms with Crippen LogP contribution in [0.15, 0.2) is 65.8 Å². The number of benzene rings is 3. The van der Waals surface area contributed by atoms with Gasteiger partial charge in [0.1, 0.15) is 5.75 Å². The summed E-state index contributed by atoms with van der Waals surface area (Å²) in [4.78, 5) is 25.0. The second kappa shape index (κ2) is 11.0. The predicted octanol–water partition coefficient (Wildman–Crippen LogP) is 4.35. The van der Waals surface area contributed by atoms with Gasteiger partial charge in [0.25, 0.3) is 5.91 Å². The van der Waals surface area contributed by atoms with Gasteiger partial charge in [0.15, 0.2) is 11.5 Å². The summed E-state index contributed by atoms with van der Waals surface area (Å²) in [6.07, 6.45) is 1.38. The molecule has 170 valence electrons. The molecule has 0 aliphatic carbocycles. The van der Waals surface area contributed by atoms with Crippen molar-refractivity contribution in [1.29, 1.82) is 0 Å². The summed E-state index contributed by atoms with van der Waals surface area (Å²) in [5.41, 5.74) is 3.51. The second-order valence-electron chi connectivity index (χ2n) is 6.55. The molecular formula is C24H21ClN2O6. The molecule has 8 nitrogen and oxygen atoms in total. The van der Waals surface area contributed by atoms with Crippen LogP contribution in [0.25, 0.3) is 0 Å². The fraction of sp³-hybridized carbons (Fsp3) is 0.125. The molecular weight excluding hydrogens is 448 g/mol. The van der Waals surface area contributed by atoms with Crippen molar-refractivity contribution in [3.63, 3.8) is 0 Å². The number of carbonyl (C=O) groups excluding carboxylic acids is 2. The first-order valence-electron chi connectivity index (χ1n) is 9.67. The number of methoxy groups -OCH3 is 3. The van der Waals surface area contributed by atoms with Gasteiger partial charge in [0.05, 0.1) is 33.1 Å². The van der Waals surface area contributed by atoms with Crippen LogP contribution in [0.5, 0.6) is 23.0 Å². The van der Waals surface area contributed by atoms with Crippen LogP contribution >= 0.6 is 11.6 Å². The summed E-state index contributed by atoms with van der Waals surface area (Å²) < 4.78 is 21.4. The minimum atomic E-state index is -0.639. The van der Waals surface area contributed by atoms with E-state index in [1.807, 2.05) is 0 Å². The topological polar surface area (TPSA) is 95.5 Å². The van der Waals surface area contributed by atoms with E-state index in [1.165, 1.54) is 39.7 Å². The Morgan fingerprint density at radius 1 is 0.848 bits per heavy atom. The molecule has 0 bridgehead atoms. The third-order valence-electron chi connectivity index (χ3n) is 4.50. The van der Waals surface area contributed by atoms with Crippen LogP contribution in [0, 0.1) is 0 Å². The van der Waals surface area contributed by atoms with Gasteiger partial charge in [0.2, 0.25) is 5.75 Å². The summed E-state index contributed by atoms with van der Waals surface area (Å²) in [6.45, 7) is 0. The lowest BCUT2D eigenvalue weighted by molar-refractivity contribution is 0.0733. The van der Waals surface area contributed by atoms with E-state index >= 15 is 0 Å². The van der Waals surface area contributed by atoms with Crippen molar-refractivity contribution < 1.29 is 28.5 Å². The maximum atomic E-state index is 12.8. The number of nitrogens with one attached hydrogen (secondary N) is 1. The van der Waals surface area contributed by atoms with E-state index in [2.05, 4.69) is 10.5 Å². The smallest absolute Gasteiger partial charge is 0.343 e. The number of amides is 1. The van der Waals surface area contributed by atoms with E-state index in [-0.39, 0.29) is 11.3 Å². The summed E-state index contributed by atoms with van der Waals surface area (Å²) in [5, 5.41) is 4.48. The largest absolute Gasteiger partial charge is 0.493 e. The van der Waals surface area contributed by atoms with Crippen LogP contribution in [0.3, 0.4) is 0 Å². The molecule has 1 amide bonds. The summed E-state index contributed by atoms with van der Waals surface area (Å²) >= 11 is 5.83. The molecule has 0 fully saturated rings. The lowest BCUT2D eigenvalue weighted by Gasteiger charge is -2.14. The number of rotatable bonds is 8. The molecule has 3 aromatic carbocycles. The van der Waals surface area contributed by atoms with Crippen molar-refractivity contribution in [2.75, 3.05) is 21.3 Å². The molecule has 33 heavy (non-hydrogen) atoms. The summed E-state index contributed by atoms with van der Waals surface area (Å²) in [6, 6.07) is 16.1. The molecule has 3 rings (SSSR count). The number of nitrogens with zero attached hydrogens (tertiary/aromatic N) is 1. The Balaban J connectivity index is 1.76. The molecule has 0 spiro atoms. The Bertz CT molecular complexity index is 1150. The molecule has 0 aliphatic rings. The van der Waals surface area contributed by atoms with Crippen LogP contribution in [-0.2, 0) is 0 Å². The molecule has 0 saturated heterocycles. The Kier molecular flexibility index (Phi) is 7.88. The Hall–Kier alpha value is -4.04. The number of halogens is 1. The van der Waals surface area contributed by atoms with Crippen LogP contribution in [0.2, 0.25) is 5.02 Å². The molecule has 0 unspecified atom stereocenters. The van der Waals surface area contributed by atoms with E-state index in [1.54, 1.807) is 48.5 Å². The molecule has 9 heteroatoms. The average Bonchev–Trinajstić information content (AvgIpc) is 2.84. The number of esters is 1. The van der Waals surface area contributed by atoms with Crippen molar-refractivity contribution in [1.82, 2.24) is 5.43 Å². The third-order valence-corrected chi connectivity index (χ3v) is 4.75. The van der Waals surface area contributed by atoms with Gasteiger partial charge in [-0.1, -0.05) is 23.7 Å². The van der Waals surface area contributed by atoms with Crippen LogP contribution in [0.4, 0.5) is 0 Å². The van der Waals surface area contributed by atoms with Crippen molar-refractivity contribution >= 4 is 29.7 Å². The Morgan fingerprint density at radius 2 is 1.48 bits per heavy atom. The van der Waals surface area contributed by atoms with Gasteiger partial charge < -0.3 is 18.9 Å². The molecule has 0 saturated carbocycles. The molecule has 3 aromatic rings. The van der Waals surface area contributed by atoms with Gasteiger partial charge in [-0.25, -0.2) is 10.2 Å². The van der Waals surface area contributed by atoms with Crippen LogP contribution in [0.1, 0.15) is 26.3 Å². The van der Waals surface area contributed by atoms with Crippen molar-refractivity contribution in [3.8, 4) is 23.0 Å². The second-order valence-corrected chi connectivity index (χ2v) is 6.98. The zero-order valence-corrected chi connectivity index (χ0v) is 18.9.